The molecule has 0 saturated carbocycles. The van der Waals surface area contributed by atoms with E-state index in [0.717, 1.165) is 5.69 Å². The average Bonchev–Trinajstić information content (AvgIpc) is 2.88. The maximum absolute atomic E-state index is 11.8. The minimum atomic E-state index is -0.397. The summed E-state index contributed by atoms with van der Waals surface area (Å²) in [6.45, 7) is 3.64. The fourth-order valence-corrected chi connectivity index (χ4v) is 1.85. The molecule has 84 valence electrons. The van der Waals surface area contributed by atoms with E-state index < -0.39 is 6.04 Å². The molecule has 0 radical (unpaired) electrons. The molecule has 1 unspecified atom stereocenters. The summed E-state index contributed by atoms with van der Waals surface area (Å²) in [6, 6.07) is -0.397. The Morgan fingerprint density at radius 2 is 2.44 bits per heavy atom. The van der Waals surface area contributed by atoms with Crippen molar-refractivity contribution in [2.75, 3.05) is 5.32 Å². The van der Waals surface area contributed by atoms with Gasteiger partial charge in [-0.1, -0.05) is 0 Å². The van der Waals surface area contributed by atoms with Gasteiger partial charge in [-0.2, -0.15) is 5.10 Å². The van der Waals surface area contributed by atoms with E-state index in [-0.39, 0.29) is 5.91 Å². The van der Waals surface area contributed by atoms with Crippen LogP contribution in [0.25, 0.3) is 0 Å². The van der Waals surface area contributed by atoms with Crippen LogP contribution in [0.15, 0.2) is 18.0 Å². The molecule has 6 nitrogen and oxygen atoms in total. The van der Waals surface area contributed by atoms with Crippen LogP contribution in [0, 0.1) is 6.92 Å². The number of nitrogens with zero attached hydrogens (tertiary/aromatic N) is 4. The standard InChI is InChI=1S/C9H11N5OS/c1-6-3-16-9(12-6)13-8(15)7(2)14-5-10-4-11-14/h3-5,7H,1-2H3,(H,12,13,15). The van der Waals surface area contributed by atoms with Crippen molar-refractivity contribution in [1.82, 2.24) is 19.7 Å². The Balaban J connectivity index is 2.03. The molecule has 1 N–H and O–H groups in total. The number of nitrogens with one attached hydrogen (secondary N) is 1. The van der Waals surface area contributed by atoms with Gasteiger partial charge in [0.1, 0.15) is 18.7 Å². The predicted molar refractivity (Wildman–Crippen MR) is 60.2 cm³/mol. The highest BCUT2D eigenvalue weighted by molar-refractivity contribution is 7.13. The Hall–Kier alpha value is -1.76. The second-order valence-corrected chi connectivity index (χ2v) is 4.19. The normalized spacial score (nSPS) is 12.4. The van der Waals surface area contributed by atoms with Crippen LogP contribution < -0.4 is 5.32 Å². The molecular formula is C9H11N5OS. The first-order valence-corrected chi connectivity index (χ1v) is 5.62. The van der Waals surface area contributed by atoms with Gasteiger partial charge in [-0.3, -0.25) is 4.79 Å². The third kappa shape index (κ3) is 2.25. The van der Waals surface area contributed by atoms with Gasteiger partial charge in [0.15, 0.2) is 5.13 Å². The number of amides is 1. The van der Waals surface area contributed by atoms with Crippen LogP contribution >= 0.6 is 11.3 Å². The molecule has 0 bridgehead atoms. The molecule has 2 aromatic rings. The third-order valence-corrected chi connectivity index (χ3v) is 2.94. The molecule has 1 amide bonds. The number of carbonyl (C=O) groups is 1. The lowest BCUT2D eigenvalue weighted by atomic mass is 10.3. The molecule has 0 aliphatic heterocycles. The molecule has 16 heavy (non-hydrogen) atoms. The van der Waals surface area contributed by atoms with Crippen LogP contribution in [-0.4, -0.2) is 25.7 Å². The fraction of sp³-hybridized carbons (Fsp3) is 0.333. The highest BCUT2D eigenvalue weighted by Crippen LogP contribution is 2.16. The van der Waals surface area contributed by atoms with E-state index in [4.69, 9.17) is 0 Å². The topological polar surface area (TPSA) is 72.7 Å². The monoisotopic (exact) mass is 237 g/mol. The zero-order chi connectivity index (χ0) is 11.5. The third-order valence-electron chi connectivity index (χ3n) is 2.06. The van der Waals surface area contributed by atoms with E-state index in [2.05, 4.69) is 20.4 Å². The number of thiazole rings is 1. The quantitative estimate of drug-likeness (QED) is 0.871. The van der Waals surface area contributed by atoms with E-state index in [1.165, 1.54) is 28.7 Å². The Morgan fingerprint density at radius 1 is 1.62 bits per heavy atom. The lowest BCUT2D eigenvalue weighted by molar-refractivity contribution is -0.119. The Kier molecular flexibility index (Phi) is 2.95. The summed E-state index contributed by atoms with van der Waals surface area (Å²) in [5.41, 5.74) is 0.897. The number of hydrogen-bond donors (Lipinski definition) is 1. The highest BCUT2D eigenvalue weighted by Gasteiger charge is 2.16. The van der Waals surface area contributed by atoms with Crippen molar-refractivity contribution in [1.29, 1.82) is 0 Å². The van der Waals surface area contributed by atoms with Gasteiger partial charge in [0.05, 0.1) is 5.69 Å². The smallest absolute Gasteiger partial charge is 0.250 e. The van der Waals surface area contributed by atoms with Gasteiger partial charge in [0.25, 0.3) is 5.91 Å². The summed E-state index contributed by atoms with van der Waals surface area (Å²) in [6.07, 6.45) is 2.91. The number of hydrogen-bond acceptors (Lipinski definition) is 5. The zero-order valence-electron chi connectivity index (χ0n) is 8.91. The van der Waals surface area contributed by atoms with Crippen molar-refractivity contribution in [3.05, 3.63) is 23.7 Å². The van der Waals surface area contributed by atoms with Crippen molar-refractivity contribution in [2.24, 2.45) is 0 Å². The van der Waals surface area contributed by atoms with Gasteiger partial charge < -0.3 is 5.32 Å². The van der Waals surface area contributed by atoms with Crippen LogP contribution in [-0.2, 0) is 4.79 Å². The summed E-state index contributed by atoms with van der Waals surface area (Å²) in [5, 5.41) is 9.13. The van der Waals surface area contributed by atoms with Gasteiger partial charge in [0.2, 0.25) is 0 Å². The van der Waals surface area contributed by atoms with E-state index >= 15 is 0 Å². The molecule has 2 aromatic heterocycles. The van der Waals surface area contributed by atoms with Crippen molar-refractivity contribution < 1.29 is 4.79 Å². The first-order chi connectivity index (χ1) is 7.66. The molecule has 2 heterocycles. The number of aromatic nitrogens is 4. The molecule has 2 rings (SSSR count). The zero-order valence-corrected chi connectivity index (χ0v) is 9.73. The summed E-state index contributed by atoms with van der Waals surface area (Å²) in [4.78, 5) is 19.7. The minimum absolute atomic E-state index is 0.153. The van der Waals surface area contributed by atoms with Gasteiger partial charge in [0, 0.05) is 5.38 Å². The molecular weight excluding hydrogens is 226 g/mol. The predicted octanol–water partition coefficient (Wildman–Crippen LogP) is 1.24. The Labute approximate surface area is 96.3 Å². The Morgan fingerprint density at radius 3 is 3.00 bits per heavy atom. The minimum Gasteiger partial charge on any atom is -0.300 e. The summed E-state index contributed by atoms with van der Waals surface area (Å²) in [5.74, 6) is -0.153. The first-order valence-electron chi connectivity index (χ1n) is 4.74. The van der Waals surface area contributed by atoms with Crippen LogP contribution in [0.5, 0.6) is 0 Å². The number of aryl methyl sites for hydroxylation is 1. The lowest BCUT2D eigenvalue weighted by Crippen LogP contribution is -2.23. The molecule has 7 heteroatoms. The van der Waals surface area contributed by atoms with Gasteiger partial charge in [-0.15, -0.1) is 11.3 Å². The van der Waals surface area contributed by atoms with Crippen LogP contribution in [0.4, 0.5) is 5.13 Å². The highest BCUT2D eigenvalue weighted by atomic mass is 32.1. The summed E-state index contributed by atoms with van der Waals surface area (Å²) in [7, 11) is 0. The lowest BCUT2D eigenvalue weighted by Gasteiger charge is -2.09. The van der Waals surface area contributed by atoms with E-state index in [9.17, 15) is 4.79 Å². The second-order valence-electron chi connectivity index (χ2n) is 3.33. The SMILES string of the molecule is Cc1csc(NC(=O)C(C)n2cncn2)n1. The first kappa shape index (κ1) is 10.7. The summed E-state index contributed by atoms with van der Waals surface area (Å²) < 4.78 is 1.50. The van der Waals surface area contributed by atoms with Crippen LogP contribution in [0.2, 0.25) is 0 Å². The van der Waals surface area contributed by atoms with Gasteiger partial charge in [-0.25, -0.2) is 14.6 Å². The molecule has 0 aliphatic rings. The number of anilines is 1. The molecule has 0 saturated heterocycles. The number of carbonyl (C=O) groups excluding carboxylic acids is 1. The van der Waals surface area contributed by atoms with Crippen molar-refractivity contribution >= 4 is 22.4 Å². The van der Waals surface area contributed by atoms with E-state index in [1.807, 2.05) is 12.3 Å². The molecule has 0 aliphatic carbocycles. The number of rotatable bonds is 3. The summed E-state index contributed by atoms with van der Waals surface area (Å²) >= 11 is 1.40. The average molecular weight is 237 g/mol. The fourth-order valence-electron chi connectivity index (χ4n) is 1.16. The van der Waals surface area contributed by atoms with Gasteiger partial charge in [-0.05, 0) is 13.8 Å². The van der Waals surface area contributed by atoms with Crippen molar-refractivity contribution in [2.45, 2.75) is 19.9 Å². The van der Waals surface area contributed by atoms with E-state index in [0.29, 0.717) is 5.13 Å². The van der Waals surface area contributed by atoms with Gasteiger partial charge >= 0.3 is 0 Å². The van der Waals surface area contributed by atoms with Crippen molar-refractivity contribution in [3.63, 3.8) is 0 Å². The van der Waals surface area contributed by atoms with Crippen LogP contribution in [0.1, 0.15) is 18.7 Å². The molecule has 1 atom stereocenters. The maximum atomic E-state index is 11.8. The molecule has 0 aromatic carbocycles. The van der Waals surface area contributed by atoms with Crippen molar-refractivity contribution in [3.8, 4) is 0 Å². The molecule has 0 fully saturated rings. The van der Waals surface area contributed by atoms with Crippen LogP contribution in [0.3, 0.4) is 0 Å². The molecule has 0 spiro atoms. The Bertz CT molecular complexity index is 478. The second kappa shape index (κ2) is 4.40. The largest absolute Gasteiger partial charge is 0.300 e. The van der Waals surface area contributed by atoms with E-state index in [1.54, 1.807) is 6.92 Å². The maximum Gasteiger partial charge on any atom is 0.250 e.